The average Bonchev–Trinajstić information content (AvgIpc) is 2.91. The summed E-state index contributed by atoms with van der Waals surface area (Å²) in [6.45, 7) is 1.78. The van der Waals surface area contributed by atoms with E-state index in [2.05, 4.69) is 37.9 Å². The number of piperidine rings is 1. The monoisotopic (exact) mass is 266 g/mol. The summed E-state index contributed by atoms with van der Waals surface area (Å²) in [5, 5.41) is 16.6. The van der Waals surface area contributed by atoms with Crippen molar-refractivity contribution in [2.75, 3.05) is 20.1 Å². The van der Waals surface area contributed by atoms with Gasteiger partial charge in [0.1, 0.15) is 0 Å². The molecule has 1 atom stereocenters. The zero-order valence-corrected chi connectivity index (χ0v) is 11.4. The van der Waals surface area contributed by atoms with Crippen LogP contribution in [0, 0.1) is 0 Å². The van der Waals surface area contributed by atoms with Gasteiger partial charge in [0.2, 0.25) is 5.91 Å². The summed E-state index contributed by atoms with van der Waals surface area (Å²) in [6.07, 6.45) is 5.80. The second-order valence-electron chi connectivity index (χ2n) is 5.12. The van der Waals surface area contributed by atoms with E-state index in [1.165, 1.54) is 12.8 Å². The highest BCUT2D eigenvalue weighted by molar-refractivity contribution is 5.76. The molecular weight excluding hydrogens is 244 g/mol. The van der Waals surface area contributed by atoms with Crippen molar-refractivity contribution in [3.63, 3.8) is 0 Å². The van der Waals surface area contributed by atoms with Crippen LogP contribution < -0.4 is 5.32 Å². The van der Waals surface area contributed by atoms with Gasteiger partial charge in [-0.15, -0.1) is 10.2 Å². The molecule has 1 aromatic heterocycles. The standard InChI is InChI=1S/C12H22N6O/c1-18-8-3-2-5-10(18)9-12(19)13-7-4-6-11-14-16-17-15-11/h10H,2-9H2,1H3,(H,13,19)(H,14,15,16,17)/t10-/m1/s1. The average molecular weight is 266 g/mol. The van der Waals surface area contributed by atoms with Gasteiger partial charge in [0.25, 0.3) is 0 Å². The number of aryl methyl sites for hydroxylation is 1. The number of carbonyl (C=O) groups excluding carboxylic acids is 1. The first-order chi connectivity index (χ1) is 9.25. The minimum atomic E-state index is 0.145. The number of tetrazole rings is 1. The zero-order chi connectivity index (χ0) is 13.5. The fraction of sp³-hybridized carbons (Fsp3) is 0.833. The second kappa shape index (κ2) is 7.18. The van der Waals surface area contributed by atoms with Crippen molar-refractivity contribution in [1.29, 1.82) is 0 Å². The highest BCUT2D eigenvalue weighted by atomic mass is 16.1. The summed E-state index contributed by atoms with van der Waals surface area (Å²) in [7, 11) is 2.10. The molecule has 1 fully saturated rings. The molecule has 19 heavy (non-hydrogen) atoms. The summed E-state index contributed by atoms with van der Waals surface area (Å²) in [5.74, 6) is 0.841. The van der Waals surface area contributed by atoms with Crippen LogP contribution >= 0.6 is 0 Å². The van der Waals surface area contributed by atoms with Crippen molar-refractivity contribution in [1.82, 2.24) is 30.8 Å². The molecule has 1 aromatic rings. The third kappa shape index (κ3) is 4.59. The number of hydrogen-bond acceptors (Lipinski definition) is 5. The van der Waals surface area contributed by atoms with Crippen molar-refractivity contribution in [2.24, 2.45) is 0 Å². The first-order valence-electron chi connectivity index (χ1n) is 6.95. The molecule has 7 nitrogen and oxygen atoms in total. The highest BCUT2D eigenvalue weighted by Crippen LogP contribution is 2.17. The van der Waals surface area contributed by atoms with E-state index in [0.717, 1.165) is 25.8 Å². The van der Waals surface area contributed by atoms with Gasteiger partial charge in [0.05, 0.1) is 0 Å². The number of nitrogens with one attached hydrogen (secondary N) is 2. The predicted octanol–water partition coefficient (Wildman–Crippen LogP) is 0.123. The minimum absolute atomic E-state index is 0.145. The number of hydrogen-bond donors (Lipinski definition) is 2. The molecule has 1 amide bonds. The molecule has 106 valence electrons. The van der Waals surface area contributed by atoms with Crippen LogP contribution in [-0.4, -0.2) is 57.6 Å². The lowest BCUT2D eigenvalue weighted by Crippen LogP contribution is -2.40. The first kappa shape index (κ1) is 13.9. The zero-order valence-electron chi connectivity index (χ0n) is 11.4. The quantitative estimate of drug-likeness (QED) is 0.714. The molecule has 2 N–H and O–H groups in total. The van der Waals surface area contributed by atoms with Crippen LogP contribution in [0.2, 0.25) is 0 Å². The molecule has 2 rings (SSSR count). The second-order valence-corrected chi connectivity index (χ2v) is 5.12. The van der Waals surface area contributed by atoms with Crippen LogP contribution in [0.3, 0.4) is 0 Å². The van der Waals surface area contributed by atoms with E-state index >= 15 is 0 Å². The topological polar surface area (TPSA) is 86.8 Å². The van der Waals surface area contributed by atoms with Crippen molar-refractivity contribution >= 4 is 5.91 Å². The number of H-pyrrole nitrogens is 1. The SMILES string of the molecule is CN1CCCC[C@@H]1CC(=O)NCCCc1nn[nH]n1. The van der Waals surface area contributed by atoms with Crippen LogP contribution in [0.25, 0.3) is 0 Å². The Bertz CT molecular complexity index is 380. The molecule has 0 unspecified atom stereocenters. The van der Waals surface area contributed by atoms with Crippen LogP contribution in [0.5, 0.6) is 0 Å². The fourth-order valence-electron chi connectivity index (χ4n) is 2.45. The Balaban J connectivity index is 1.59. The summed E-state index contributed by atoms with van der Waals surface area (Å²) in [6, 6.07) is 0.408. The third-order valence-corrected chi connectivity index (χ3v) is 3.63. The molecule has 0 aliphatic carbocycles. The summed E-state index contributed by atoms with van der Waals surface area (Å²) < 4.78 is 0. The number of likely N-dealkylation sites (tertiary alicyclic amines) is 1. The largest absolute Gasteiger partial charge is 0.356 e. The van der Waals surface area contributed by atoms with Crippen LogP contribution in [0.1, 0.15) is 37.9 Å². The Morgan fingerprint density at radius 2 is 2.42 bits per heavy atom. The predicted molar refractivity (Wildman–Crippen MR) is 70.4 cm³/mol. The van der Waals surface area contributed by atoms with E-state index in [1.807, 2.05) is 0 Å². The molecule has 2 heterocycles. The van der Waals surface area contributed by atoms with Gasteiger partial charge in [-0.25, -0.2) is 0 Å². The Morgan fingerprint density at radius 3 is 3.16 bits per heavy atom. The highest BCUT2D eigenvalue weighted by Gasteiger charge is 2.21. The van der Waals surface area contributed by atoms with E-state index in [-0.39, 0.29) is 5.91 Å². The molecule has 0 saturated carbocycles. The Hall–Kier alpha value is -1.50. The van der Waals surface area contributed by atoms with Gasteiger partial charge >= 0.3 is 0 Å². The van der Waals surface area contributed by atoms with Gasteiger partial charge in [-0.1, -0.05) is 11.6 Å². The van der Waals surface area contributed by atoms with Gasteiger partial charge in [-0.3, -0.25) is 4.79 Å². The van der Waals surface area contributed by atoms with Gasteiger partial charge < -0.3 is 10.2 Å². The molecular formula is C12H22N6O. The van der Waals surface area contributed by atoms with Crippen molar-refractivity contribution < 1.29 is 4.79 Å². The van der Waals surface area contributed by atoms with Gasteiger partial charge in [0, 0.05) is 25.4 Å². The molecule has 7 heteroatoms. The van der Waals surface area contributed by atoms with Crippen molar-refractivity contribution in [2.45, 2.75) is 44.6 Å². The summed E-state index contributed by atoms with van der Waals surface area (Å²) in [4.78, 5) is 14.1. The lowest BCUT2D eigenvalue weighted by molar-refractivity contribution is -0.122. The van der Waals surface area contributed by atoms with E-state index in [0.29, 0.717) is 24.8 Å². The third-order valence-electron chi connectivity index (χ3n) is 3.63. The Kier molecular flexibility index (Phi) is 5.26. The first-order valence-corrected chi connectivity index (χ1v) is 6.95. The molecule has 1 saturated heterocycles. The molecule has 0 aromatic carbocycles. The molecule has 0 bridgehead atoms. The maximum atomic E-state index is 11.8. The Labute approximate surface area is 113 Å². The number of aromatic nitrogens is 4. The molecule has 1 aliphatic heterocycles. The van der Waals surface area contributed by atoms with E-state index in [1.54, 1.807) is 0 Å². The normalized spacial score (nSPS) is 20.4. The molecule has 0 spiro atoms. The maximum absolute atomic E-state index is 11.8. The number of amides is 1. The minimum Gasteiger partial charge on any atom is -0.356 e. The van der Waals surface area contributed by atoms with E-state index in [4.69, 9.17) is 0 Å². The smallest absolute Gasteiger partial charge is 0.221 e. The van der Waals surface area contributed by atoms with Crippen LogP contribution in [-0.2, 0) is 11.2 Å². The molecule has 1 aliphatic rings. The molecule has 0 radical (unpaired) electrons. The number of carbonyl (C=O) groups is 1. The maximum Gasteiger partial charge on any atom is 0.221 e. The van der Waals surface area contributed by atoms with Crippen LogP contribution in [0.15, 0.2) is 0 Å². The van der Waals surface area contributed by atoms with Gasteiger partial charge in [-0.2, -0.15) is 5.21 Å². The fourth-order valence-corrected chi connectivity index (χ4v) is 2.45. The lowest BCUT2D eigenvalue weighted by Gasteiger charge is -2.31. The number of nitrogens with zero attached hydrogens (tertiary/aromatic N) is 4. The van der Waals surface area contributed by atoms with E-state index in [9.17, 15) is 4.79 Å². The number of aromatic amines is 1. The number of rotatable bonds is 6. The summed E-state index contributed by atoms with van der Waals surface area (Å²) in [5.41, 5.74) is 0. The van der Waals surface area contributed by atoms with E-state index < -0.39 is 0 Å². The van der Waals surface area contributed by atoms with Crippen molar-refractivity contribution in [3.05, 3.63) is 5.82 Å². The lowest BCUT2D eigenvalue weighted by atomic mass is 10.00. The Morgan fingerprint density at radius 1 is 1.53 bits per heavy atom. The van der Waals surface area contributed by atoms with Crippen molar-refractivity contribution in [3.8, 4) is 0 Å². The van der Waals surface area contributed by atoms with Gasteiger partial charge in [0.15, 0.2) is 5.82 Å². The van der Waals surface area contributed by atoms with Gasteiger partial charge in [-0.05, 0) is 32.9 Å². The van der Waals surface area contributed by atoms with Crippen LogP contribution in [0.4, 0.5) is 0 Å². The summed E-state index contributed by atoms with van der Waals surface area (Å²) >= 11 is 0.